The van der Waals surface area contributed by atoms with Crippen LogP contribution in [0.2, 0.25) is 10.0 Å². The second-order valence-corrected chi connectivity index (χ2v) is 8.54. The van der Waals surface area contributed by atoms with Gasteiger partial charge in [-0.25, -0.2) is 12.7 Å². The number of hydrogen-bond donors (Lipinski definition) is 1. The van der Waals surface area contributed by atoms with E-state index < -0.39 is 32.7 Å². The molecule has 0 saturated heterocycles. The first-order chi connectivity index (χ1) is 12.3. The van der Waals surface area contributed by atoms with E-state index in [1.54, 1.807) is 0 Å². The van der Waals surface area contributed by atoms with E-state index in [2.05, 4.69) is 5.32 Å². The molecule has 0 aliphatic carbocycles. The zero-order valence-corrected chi connectivity index (χ0v) is 16.3. The molecular weight excluding hydrogens is 428 g/mol. The summed E-state index contributed by atoms with van der Waals surface area (Å²) in [4.78, 5) is 12.2. The zero-order valence-electron chi connectivity index (χ0n) is 13.9. The number of nitrogens with zero attached hydrogens (tertiary/aromatic N) is 1. The number of benzene rings is 2. The lowest BCUT2D eigenvalue weighted by Crippen LogP contribution is -2.23. The number of halogens is 5. The summed E-state index contributed by atoms with van der Waals surface area (Å²) in [6.45, 7) is 0. The number of anilines is 1. The molecule has 2 aromatic carbocycles. The number of carbonyl (C=O) groups excluding carboxylic acids is 1. The molecule has 0 fully saturated rings. The number of alkyl halides is 3. The van der Waals surface area contributed by atoms with Crippen molar-refractivity contribution >= 4 is 44.8 Å². The van der Waals surface area contributed by atoms with Crippen molar-refractivity contribution in [3.63, 3.8) is 0 Å². The van der Waals surface area contributed by atoms with Crippen molar-refractivity contribution in [1.82, 2.24) is 4.31 Å². The van der Waals surface area contributed by atoms with Crippen LogP contribution in [-0.2, 0) is 16.2 Å². The third-order valence-corrected chi connectivity index (χ3v) is 5.96. The van der Waals surface area contributed by atoms with Crippen LogP contribution in [0.5, 0.6) is 0 Å². The molecule has 11 heteroatoms. The Balaban J connectivity index is 2.40. The highest BCUT2D eigenvalue weighted by Crippen LogP contribution is 2.36. The molecule has 0 saturated carbocycles. The molecule has 0 radical (unpaired) electrons. The molecule has 0 aliphatic rings. The highest BCUT2D eigenvalue weighted by molar-refractivity contribution is 7.89. The van der Waals surface area contributed by atoms with Crippen LogP contribution in [0.3, 0.4) is 0 Å². The van der Waals surface area contributed by atoms with Crippen LogP contribution in [0.15, 0.2) is 41.3 Å². The maximum absolute atomic E-state index is 12.9. The van der Waals surface area contributed by atoms with Crippen LogP contribution in [0, 0.1) is 0 Å². The van der Waals surface area contributed by atoms with Crippen molar-refractivity contribution in [2.24, 2.45) is 0 Å². The second-order valence-electron chi connectivity index (χ2n) is 5.58. The van der Waals surface area contributed by atoms with Gasteiger partial charge in [0.25, 0.3) is 5.91 Å². The average Bonchev–Trinajstić information content (AvgIpc) is 2.55. The minimum absolute atomic E-state index is 0.0600. The van der Waals surface area contributed by atoms with E-state index >= 15 is 0 Å². The normalized spacial score (nSPS) is 12.3. The maximum Gasteiger partial charge on any atom is 0.417 e. The summed E-state index contributed by atoms with van der Waals surface area (Å²) in [5.74, 6) is -0.869. The smallest absolute Gasteiger partial charge is 0.322 e. The Hall–Kier alpha value is -1.81. The molecule has 146 valence electrons. The molecule has 1 amide bonds. The monoisotopic (exact) mass is 440 g/mol. The number of hydrogen-bond acceptors (Lipinski definition) is 3. The van der Waals surface area contributed by atoms with Crippen molar-refractivity contribution < 1.29 is 26.4 Å². The molecule has 5 nitrogen and oxygen atoms in total. The average molecular weight is 441 g/mol. The van der Waals surface area contributed by atoms with Gasteiger partial charge in [0.2, 0.25) is 10.0 Å². The van der Waals surface area contributed by atoms with E-state index in [-0.39, 0.29) is 21.2 Å². The van der Waals surface area contributed by atoms with E-state index in [0.717, 1.165) is 16.4 Å². The summed E-state index contributed by atoms with van der Waals surface area (Å²) in [6.07, 6.45) is -4.70. The van der Waals surface area contributed by atoms with Gasteiger partial charge in [0.05, 0.1) is 26.1 Å². The fraction of sp³-hybridized carbons (Fsp3) is 0.188. The van der Waals surface area contributed by atoms with Crippen LogP contribution < -0.4 is 5.32 Å². The van der Waals surface area contributed by atoms with Crippen LogP contribution >= 0.6 is 23.2 Å². The van der Waals surface area contributed by atoms with E-state index in [9.17, 15) is 26.4 Å². The SMILES string of the molecule is CN(C)S(=O)(=O)c1ccc(Cl)c(C(=O)Nc2ccc(Cl)c(C(F)(F)F)c2)c1. The molecule has 0 aromatic heterocycles. The van der Waals surface area contributed by atoms with E-state index in [4.69, 9.17) is 23.2 Å². The van der Waals surface area contributed by atoms with E-state index in [1.165, 1.54) is 32.3 Å². The van der Waals surface area contributed by atoms with Gasteiger partial charge >= 0.3 is 6.18 Å². The fourth-order valence-electron chi connectivity index (χ4n) is 2.07. The van der Waals surface area contributed by atoms with Gasteiger partial charge in [-0.15, -0.1) is 0 Å². The predicted molar refractivity (Wildman–Crippen MR) is 96.7 cm³/mol. The third-order valence-electron chi connectivity index (χ3n) is 3.49. The molecule has 2 aromatic rings. The Morgan fingerprint density at radius 2 is 1.63 bits per heavy atom. The van der Waals surface area contributed by atoms with Crippen LogP contribution in [0.4, 0.5) is 18.9 Å². The number of carbonyl (C=O) groups is 1. The summed E-state index contributed by atoms with van der Waals surface area (Å²) in [5, 5.41) is 1.68. The van der Waals surface area contributed by atoms with Crippen LogP contribution in [-0.4, -0.2) is 32.7 Å². The maximum atomic E-state index is 12.9. The molecule has 2 rings (SSSR count). The largest absolute Gasteiger partial charge is 0.417 e. The topological polar surface area (TPSA) is 66.5 Å². The van der Waals surface area contributed by atoms with Crippen LogP contribution in [0.1, 0.15) is 15.9 Å². The minimum atomic E-state index is -4.70. The number of amides is 1. The minimum Gasteiger partial charge on any atom is -0.322 e. The number of sulfonamides is 1. The van der Waals surface area contributed by atoms with Gasteiger partial charge in [-0.3, -0.25) is 4.79 Å². The highest BCUT2D eigenvalue weighted by atomic mass is 35.5. The van der Waals surface area contributed by atoms with Gasteiger partial charge in [-0.1, -0.05) is 23.2 Å². The lowest BCUT2D eigenvalue weighted by atomic mass is 10.1. The Morgan fingerprint density at radius 1 is 1.04 bits per heavy atom. The van der Waals surface area contributed by atoms with Gasteiger partial charge in [0.15, 0.2) is 0 Å². The lowest BCUT2D eigenvalue weighted by Gasteiger charge is -2.14. The first-order valence-corrected chi connectivity index (χ1v) is 9.44. The van der Waals surface area contributed by atoms with Gasteiger partial charge in [0.1, 0.15) is 0 Å². The molecule has 0 atom stereocenters. The molecule has 0 spiro atoms. The third kappa shape index (κ3) is 4.73. The second kappa shape index (κ2) is 7.67. The first-order valence-electron chi connectivity index (χ1n) is 7.24. The molecular formula is C16H13Cl2F3N2O3S. The Labute approximate surface area is 163 Å². The predicted octanol–water partition coefficient (Wildman–Crippen LogP) is 4.51. The summed E-state index contributed by atoms with van der Waals surface area (Å²) in [6, 6.07) is 6.34. The zero-order chi connectivity index (χ0) is 20.6. The van der Waals surface area contributed by atoms with E-state index in [1.807, 2.05) is 0 Å². The molecule has 0 aliphatic heterocycles. The molecule has 27 heavy (non-hydrogen) atoms. The molecule has 0 heterocycles. The van der Waals surface area contributed by atoms with Gasteiger partial charge in [-0.2, -0.15) is 13.2 Å². The Morgan fingerprint density at radius 3 is 2.19 bits per heavy atom. The Bertz CT molecular complexity index is 993. The van der Waals surface area contributed by atoms with Crippen LogP contribution in [0.25, 0.3) is 0 Å². The summed E-state index contributed by atoms with van der Waals surface area (Å²) in [5.41, 5.74) is -1.49. The van der Waals surface area contributed by atoms with Gasteiger partial charge in [-0.05, 0) is 36.4 Å². The molecule has 0 unspecified atom stereocenters. The quantitative estimate of drug-likeness (QED) is 0.759. The highest BCUT2D eigenvalue weighted by Gasteiger charge is 2.33. The molecule has 0 bridgehead atoms. The van der Waals surface area contributed by atoms with Crippen molar-refractivity contribution in [2.45, 2.75) is 11.1 Å². The van der Waals surface area contributed by atoms with Gasteiger partial charge in [0, 0.05) is 19.8 Å². The molecule has 1 N–H and O–H groups in total. The fourth-order valence-corrected chi connectivity index (χ4v) is 3.42. The van der Waals surface area contributed by atoms with Gasteiger partial charge < -0.3 is 5.32 Å². The number of rotatable bonds is 4. The summed E-state index contributed by atoms with van der Waals surface area (Å²) in [7, 11) is -1.19. The number of nitrogens with one attached hydrogen (secondary N) is 1. The summed E-state index contributed by atoms with van der Waals surface area (Å²) >= 11 is 11.5. The Kier molecular flexibility index (Phi) is 6.10. The van der Waals surface area contributed by atoms with Crippen molar-refractivity contribution in [1.29, 1.82) is 0 Å². The van der Waals surface area contributed by atoms with Crippen molar-refractivity contribution in [3.8, 4) is 0 Å². The standard InChI is InChI=1S/C16H13Cl2F3N2O3S/c1-23(2)27(25,26)10-4-6-13(17)11(8-10)15(24)22-9-3-5-14(18)12(7-9)16(19,20)21/h3-8H,1-2H3,(H,22,24). The van der Waals surface area contributed by atoms with Crippen molar-refractivity contribution in [2.75, 3.05) is 19.4 Å². The summed E-state index contributed by atoms with van der Waals surface area (Å²) < 4.78 is 64.1. The first kappa shape index (κ1) is 21.5. The lowest BCUT2D eigenvalue weighted by molar-refractivity contribution is -0.137. The van der Waals surface area contributed by atoms with Crippen molar-refractivity contribution in [3.05, 3.63) is 57.6 Å². The van der Waals surface area contributed by atoms with E-state index in [0.29, 0.717) is 6.07 Å².